The summed E-state index contributed by atoms with van der Waals surface area (Å²) in [7, 11) is 1.63. The molecule has 49 heavy (non-hydrogen) atoms. The fraction of sp³-hybridized carbons (Fsp3) is 0.333. The predicted octanol–water partition coefficient (Wildman–Crippen LogP) is 8.17. The van der Waals surface area contributed by atoms with Crippen molar-refractivity contribution in [1.29, 1.82) is 0 Å². The van der Waals surface area contributed by atoms with Gasteiger partial charge in [0.2, 0.25) is 0 Å². The monoisotopic (exact) mass is 750 g/mol. The minimum absolute atomic E-state index is 0.108. The number of unbranched alkanes of at least 4 members (excludes halogenated alkanes) is 3. The van der Waals surface area contributed by atoms with Gasteiger partial charge in [-0.2, -0.15) is 0 Å². The van der Waals surface area contributed by atoms with Crippen molar-refractivity contribution in [1.82, 2.24) is 9.80 Å². The van der Waals surface area contributed by atoms with Crippen LogP contribution in [-0.2, 0) is 4.74 Å². The number of likely N-dealkylation sites (N-methyl/N-ethyl adjacent to an activating group) is 1. The quantitative estimate of drug-likeness (QED) is 0.0767. The second-order valence-electron chi connectivity index (χ2n) is 13.2. The summed E-state index contributed by atoms with van der Waals surface area (Å²) in [5, 5.41) is 20.4. The molecule has 10 heteroatoms. The molecule has 0 aliphatic heterocycles. The van der Waals surface area contributed by atoms with E-state index in [9.17, 15) is 19.8 Å². The average molecular weight is 752 g/mol. The van der Waals surface area contributed by atoms with E-state index in [0.717, 1.165) is 31.8 Å². The second kappa shape index (κ2) is 16.6. The van der Waals surface area contributed by atoms with Gasteiger partial charge in [-0.1, -0.05) is 0 Å². The van der Waals surface area contributed by atoms with Crippen LogP contribution in [0.2, 0.25) is 0 Å². The molecule has 4 rings (SSSR count). The third-order valence-electron chi connectivity index (χ3n) is 8.46. The molecule has 0 saturated carbocycles. The molecule has 2 N–H and O–H groups in total. The van der Waals surface area contributed by atoms with Gasteiger partial charge in [0.1, 0.15) is 5.60 Å². The van der Waals surface area contributed by atoms with Crippen LogP contribution in [-0.4, -0.2) is 70.6 Å². The van der Waals surface area contributed by atoms with Gasteiger partial charge in [-0.15, -0.1) is 0 Å². The Kier molecular flexibility index (Phi) is 12.8. The molecule has 0 atom stereocenters. The van der Waals surface area contributed by atoms with Crippen LogP contribution < -0.4 is 20.7 Å². The van der Waals surface area contributed by atoms with Crippen molar-refractivity contribution in [3.05, 3.63) is 109 Å². The molecule has 0 bridgehead atoms. The number of hydrogen-bond acceptors (Lipinski definition) is 6. The Hall–Kier alpha value is -4.07. The SMILES string of the molecule is CN(CCN(CCCCCCP(Br)(c1ccccc1)(c1ccccc1)c1ccccc1)C(=O)Oc1ccc(O)c(O)c1)C(=O)OC(C)(C)C. The van der Waals surface area contributed by atoms with Crippen LogP contribution in [0.25, 0.3) is 0 Å². The smallest absolute Gasteiger partial charge is 0.0253 e. The van der Waals surface area contributed by atoms with E-state index in [1.165, 1.54) is 39.0 Å². The van der Waals surface area contributed by atoms with E-state index in [-0.39, 0.29) is 30.3 Å². The van der Waals surface area contributed by atoms with Gasteiger partial charge in [0, 0.05) is 0 Å². The first-order chi connectivity index (χ1) is 23.3. The summed E-state index contributed by atoms with van der Waals surface area (Å²) >= 11 is 4.52. The van der Waals surface area contributed by atoms with Gasteiger partial charge >= 0.3 is 257 Å². The molecule has 0 heterocycles. The van der Waals surface area contributed by atoms with Crippen LogP contribution in [0.4, 0.5) is 9.59 Å². The number of amides is 2. The normalized spacial score (nSPS) is 12.4. The number of carbonyl (C=O) groups is 2. The molecule has 0 aliphatic rings. The Morgan fingerprint density at radius 2 is 1.18 bits per heavy atom. The Balaban J connectivity index is 1.46. The topological polar surface area (TPSA) is 99.5 Å². The minimum Gasteiger partial charge on any atom is -0.0253 e. The summed E-state index contributed by atoms with van der Waals surface area (Å²) in [6.45, 7) is 6.30. The van der Waals surface area contributed by atoms with Gasteiger partial charge in [0.15, 0.2) is 5.75 Å². The number of nitrogens with zero attached hydrogens (tertiary/aromatic N) is 2. The summed E-state index contributed by atoms with van der Waals surface area (Å²) in [5.41, 5.74) is -0.639. The molecule has 0 saturated heterocycles. The summed E-state index contributed by atoms with van der Waals surface area (Å²) in [5.74, 6) is -0.580. The second-order valence-corrected chi connectivity index (χ2v) is 22.3. The summed E-state index contributed by atoms with van der Waals surface area (Å²) in [6, 6.07) is 36.1. The van der Waals surface area contributed by atoms with Crippen molar-refractivity contribution in [3.63, 3.8) is 0 Å². The van der Waals surface area contributed by atoms with Gasteiger partial charge in [-0.3, -0.25) is 0 Å². The molecule has 0 aliphatic carbocycles. The van der Waals surface area contributed by atoms with Crippen molar-refractivity contribution in [2.45, 2.75) is 52.1 Å². The van der Waals surface area contributed by atoms with Crippen LogP contribution >= 0.6 is 20.8 Å². The summed E-state index contributed by atoms with van der Waals surface area (Å²) < 4.78 is 11.0. The molecule has 0 radical (unpaired) electrons. The number of rotatable bonds is 14. The molecular formula is C39H48BrN2O6P. The van der Waals surface area contributed by atoms with Crippen molar-refractivity contribution >= 4 is 48.9 Å². The standard InChI is InChI=1S/C39H48BrN2O6P/c1-39(2,3)48-37(45)41(4)27-28-42(38(46)47-31-24-25-35(43)36(44)30-31)26-16-5-6-17-29-49(40,32-18-10-7-11-19-32,33-20-12-8-13-21-33)34-22-14-9-15-23-34/h7-15,18-25,30,43-44H,5-6,16-17,26-29H2,1-4H3. The molecule has 0 unspecified atom stereocenters. The van der Waals surface area contributed by atoms with Crippen molar-refractivity contribution in [3.8, 4) is 17.2 Å². The predicted molar refractivity (Wildman–Crippen MR) is 204 cm³/mol. The van der Waals surface area contributed by atoms with Gasteiger partial charge < -0.3 is 10.2 Å². The van der Waals surface area contributed by atoms with Gasteiger partial charge in [0.05, 0.1) is 0 Å². The zero-order chi connectivity index (χ0) is 35.5. The Morgan fingerprint density at radius 3 is 1.67 bits per heavy atom. The van der Waals surface area contributed by atoms with Crippen molar-refractivity contribution in [2.75, 3.05) is 32.8 Å². The van der Waals surface area contributed by atoms with Gasteiger partial charge in [0.25, 0.3) is 0 Å². The number of carbonyl (C=O) groups excluding carboxylic acids is 2. The van der Waals surface area contributed by atoms with Gasteiger partial charge in [-0.25, -0.2) is 0 Å². The Bertz CT molecular complexity index is 1570. The zero-order valence-electron chi connectivity index (χ0n) is 28.8. The van der Waals surface area contributed by atoms with Crippen LogP contribution in [0.3, 0.4) is 0 Å². The summed E-state index contributed by atoms with van der Waals surface area (Å²) in [4.78, 5) is 28.9. The number of benzene rings is 4. The number of aromatic hydroxyl groups is 2. The van der Waals surface area contributed by atoms with Crippen LogP contribution in [0.1, 0.15) is 46.5 Å². The van der Waals surface area contributed by atoms with Crippen molar-refractivity contribution in [2.24, 2.45) is 0 Å². The molecule has 2 amide bonds. The molecule has 4 aromatic rings. The van der Waals surface area contributed by atoms with E-state index in [1.807, 2.05) is 0 Å². The maximum absolute atomic E-state index is 13.3. The van der Waals surface area contributed by atoms with E-state index < -0.39 is 23.1 Å². The van der Waals surface area contributed by atoms with Crippen LogP contribution in [0.5, 0.6) is 17.2 Å². The average Bonchev–Trinajstić information content (AvgIpc) is 3.09. The molecule has 262 valence electrons. The number of halogens is 1. The first-order valence-corrected chi connectivity index (χ1v) is 21.1. The van der Waals surface area contributed by atoms with E-state index >= 15 is 0 Å². The fourth-order valence-corrected chi connectivity index (χ4v) is 13.6. The minimum atomic E-state index is -3.01. The molecule has 0 fully saturated rings. The maximum atomic E-state index is 13.3. The number of phenolic OH excluding ortho intramolecular Hbond substituents is 2. The molecule has 4 aromatic carbocycles. The molecule has 8 nitrogen and oxygen atoms in total. The third-order valence-corrected chi connectivity index (χ3v) is 18.5. The third kappa shape index (κ3) is 9.55. The van der Waals surface area contributed by atoms with E-state index in [2.05, 4.69) is 106 Å². The number of hydrogen-bond donors (Lipinski definition) is 2. The van der Waals surface area contributed by atoms with Crippen LogP contribution in [0, 0.1) is 0 Å². The van der Waals surface area contributed by atoms with E-state index in [4.69, 9.17) is 9.47 Å². The van der Waals surface area contributed by atoms with E-state index in [1.54, 1.807) is 32.7 Å². The van der Waals surface area contributed by atoms with Gasteiger partial charge in [-0.05, 0) is 20.8 Å². The Labute approximate surface area is 298 Å². The molecular weight excluding hydrogens is 703 g/mol. The number of ether oxygens (including phenoxy) is 2. The van der Waals surface area contributed by atoms with E-state index in [0.29, 0.717) is 6.54 Å². The fourth-order valence-electron chi connectivity index (χ4n) is 5.84. The van der Waals surface area contributed by atoms with Crippen molar-refractivity contribution < 1.29 is 29.3 Å². The number of phenols is 2. The summed E-state index contributed by atoms with van der Waals surface area (Å²) in [6.07, 6.45) is 3.36. The molecule has 0 spiro atoms. The first-order valence-electron chi connectivity index (χ1n) is 16.6. The Morgan fingerprint density at radius 1 is 0.673 bits per heavy atom. The molecule has 0 aromatic heterocycles. The van der Waals surface area contributed by atoms with Crippen LogP contribution in [0.15, 0.2) is 109 Å². The first kappa shape index (κ1) is 37.7. The zero-order valence-corrected chi connectivity index (χ0v) is 31.3.